The van der Waals surface area contributed by atoms with E-state index in [9.17, 15) is 19.8 Å². The van der Waals surface area contributed by atoms with Crippen LogP contribution in [-0.4, -0.2) is 35.4 Å². The standard InChI is InChI=1S/C22H19N3O5/c1-30-17-10-7-14(8-11-17)21(28)24-19-5-3-2-4-18(19)22(29)25-23-13-15-6-9-16(26)12-20(15)27/h2-13,26-27H,1H3,(H,24,28)(H,25,29)/b23-13-. The number of amides is 2. The summed E-state index contributed by atoms with van der Waals surface area (Å²) in [7, 11) is 1.54. The Morgan fingerprint density at radius 3 is 2.40 bits per heavy atom. The normalized spacial score (nSPS) is 10.6. The van der Waals surface area contributed by atoms with Crippen molar-refractivity contribution < 1.29 is 24.5 Å². The molecule has 0 atom stereocenters. The van der Waals surface area contributed by atoms with Gasteiger partial charge in [0, 0.05) is 17.2 Å². The van der Waals surface area contributed by atoms with Crippen molar-refractivity contribution >= 4 is 23.7 Å². The molecule has 0 spiro atoms. The van der Waals surface area contributed by atoms with Gasteiger partial charge in [0.05, 0.1) is 24.6 Å². The summed E-state index contributed by atoms with van der Waals surface area (Å²) in [5.74, 6) is -0.565. The highest BCUT2D eigenvalue weighted by molar-refractivity contribution is 6.09. The Balaban J connectivity index is 1.71. The molecular formula is C22H19N3O5. The van der Waals surface area contributed by atoms with Crippen LogP contribution >= 0.6 is 0 Å². The van der Waals surface area contributed by atoms with Crippen molar-refractivity contribution in [3.05, 3.63) is 83.4 Å². The quantitative estimate of drug-likeness (QED) is 0.371. The number of aromatic hydroxyl groups is 2. The Hall–Kier alpha value is -4.33. The van der Waals surface area contributed by atoms with Crippen LogP contribution in [-0.2, 0) is 0 Å². The van der Waals surface area contributed by atoms with Crippen LogP contribution in [0.2, 0.25) is 0 Å². The summed E-state index contributed by atoms with van der Waals surface area (Å²) in [5, 5.41) is 25.6. The molecule has 8 heteroatoms. The number of benzene rings is 3. The Morgan fingerprint density at radius 1 is 0.967 bits per heavy atom. The van der Waals surface area contributed by atoms with Crippen LogP contribution in [0, 0.1) is 0 Å². The van der Waals surface area contributed by atoms with Gasteiger partial charge < -0.3 is 20.3 Å². The van der Waals surface area contributed by atoms with Gasteiger partial charge in [-0.15, -0.1) is 0 Å². The minimum absolute atomic E-state index is 0.0878. The Kier molecular flexibility index (Phi) is 6.29. The molecule has 0 unspecified atom stereocenters. The number of carbonyl (C=O) groups is 2. The van der Waals surface area contributed by atoms with Gasteiger partial charge in [0.15, 0.2) is 0 Å². The summed E-state index contributed by atoms with van der Waals surface area (Å²) in [5.41, 5.74) is 3.60. The first-order chi connectivity index (χ1) is 14.5. The van der Waals surface area contributed by atoms with Crippen LogP contribution in [0.5, 0.6) is 17.2 Å². The number of hydrogen-bond donors (Lipinski definition) is 4. The van der Waals surface area contributed by atoms with Gasteiger partial charge in [-0.1, -0.05) is 12.1 Å². The van der Waals surface area contributed by atoms with Crippen molar-refractivity contribution in [1.29, 1.82) is 0 Å². The lowest BCUT2D eigenvalue weighted by molar-refractivity contribution is 0.0956. The summed E-state index contributed by atoms with van der Waals surface area (Å²) in [4.78, 5) is 25.0. The van der Waals surface area contributed by atoms with Gasteiger partial charge in [0.2, 0.25) is 0 Å². The Labute approximate surface area is 172 Å². The maximum absolute atomic E-state index is 12.5. The van der Waals surface area contributed by atoms with Crippen LogP contribution in [0.15, 0.2) is 71.8 Å². The number of phenols is 2. The summed E-state index contributed by atoms with van der Waals surface area (Å²) in [6.45, 7) is 0. The van der Waals surface area contributed by atoms with Crippen molar-refractivity contribution in [3.63, 3.8) is 0 Å². The Morgan fingerprint density at radius 2 is 1.70 bits per heavy atom. The highest BCUT2D eigenvalue weighted by Crippen LogP contribution is 2.21. The van der Waals surface area contributed by atoms with Crippen molar-refractivity contribution in [3.8, 4) is 17.2 Å². The van der Waals surface area contributed by atoms with Crippen molar-refractivity contribution in [2.24, 2.45) is 5.10 Å². The molecule has 0 saturated heterocycles. The lowest BCUT2D eigenvalue weighted by Crippen LogP contribution is -2.21. The SMILES string of the molecule is COc1ccc(C(=O)Nc2ccccc2C(=O)N/N=C\c2ccc(O)cc2O)cc1. The van der Waals surface area contributed by atoms with Gasteiger partial charge in [-0.05, 0) is 48.5 Å². The van der Waals surface area contributed by atoms with Crippen LogP contribution in [0.3, 0.4) is 0 Å². The first kappa shape index (κ1) is 20.4. The number of anilines is 1. The number of nitrogens with zero attached hydrogens (tertiary/aromatic N) is 1. The molecule has 8 nitrogen and oxygen atoms in total. The zero-order valence-corrected chi connectivity index (χ0v) is 16.0. The smallest absolute Gasteiger partial charge is 0.273 e. The van der Waals surface area contributed by atoms with Gasteiger partial charge in [0.1, 0.15) is 17.2 Å². The number of nitrogens with one attached hydrogen (secondary N) is 2. The van der Waals surface area contributed by atoms with E-state index in [-0.39, 0.29) is 23.0 Å². The largest absolute Gasteiger partial charge is 0.508 e. The van der Waals surface area contributed by atoms with E-state index in [1.54, 1.807) is 48.5 Å². The number of para-hydroxylation sites is 1. The molecule has 0 radical (unpaired) electrons. The molecular weight excluding hydrogens is 386 g/mol. The average molecular weight is 405 g/mol. The molecule has 0 heterocycles. The van der Waals surface area contributed by atoms with Gasteiger partial charge in [0.25, 0.3) is 11.8 Å². The van der Waals surface area contributed by atoms with E-state index in [1.807, 2.05) is 0 Å². The zero-order chi connectivity index (χ0) is 21.5. The second-order valence-corrected chi connectivity index (χ2v) is 6.17. The van der Waals surface area contributed by atoms with Gasteiger partial charge >= 0.3 is 0 Å². The molecule has 0 fully saturated rings. The molecule has 0 aliphatic rings. The monoisotopic (exact) mass is 405 g/mol. The van der Waals surface area contributed by atoms with Crippen molar-refractivity contribution in [2.45, 2.75) is 0 Å². The summed E-state index contributed by atoms with van der Waals surface area (Å²) in [6.07, 6.45) is 1.24. The molecule has 3 aromatic rings. The fraction of sp³-hybridized carbons (Fsp3) is 0.0455. The summed E-state index contributed by atoms with van der Waals surface area (Å²) >= 11 is 0. The highest BCUT2D eigenvalue weighted by Gasteiger charge is 2.14. The third-order valence-corrected chi connectivity index (χ3v) is 4.16. The van der Waals surface area contributed by atoms with Crippen LogP contribution in [0.1, 0.15) is 26.3 Å². The lowest BCUT2D eigenvalue weighted by Gasteiger charge is -2.10. The van der Waals surface area contributed by atoms with E-state index in [0.29, 0.717) is 22.6 Å². The first-order valence-electron chi connectivity index (χ1n) is 8.88. The van der Waals surface area contributed by atoms with Crippen LogP contribution < -0.4 is 15.5 Å². The molecule has 152 valence electrons. The zero-order valence-electron chi connectivity index (χ0n) is 16.0. The number of phenolic OH excluding ortho intramolecular Hbond substituents is 2. The molecule has 2 amide bonds. The minimum atomic E-state index is -0.546. The average Bonchev–Trinajstić information content (AvgIpc) is 2.75. The third-order valence-electron chi connectivity index (χ3n) is 4.16. The van der Waals surface area contributed by atoms with Crippen molar-refractivity contribution in [1.82, 2.24) is 5.43 Å². The number of hydrazone groups is 1. The molecule has 4 N–H and O–H groups in total. The predicted molar refractivity (Wildman–Crippen MR) is 112 cm³/mol. The number of hydrogen-bond acceptors (Lipinski definition) is 6. The maximum atomic E-state index is 12.5. The summed E-state index contributed by atoms with van der Waals surface area (Å²) < 4.78 is 5.07. The van der Waals surface area contributed by atoms with E-state index in [2.05, 4.69) is 15.8 Å². The number of rotatable bonds is 6. The molecule has 0 aliphatic heterocycles. The van der Waals surface area contributed by atoms with E-state index >= 15 is 0 Å². The van der Waals surface area contributed by atoms with E-state index in [0.717, 1.165) is 6.07 Å². The Bertz CT molecular complexity index is 1090. The van der Waals surface area contributed by atoms with Crippen LogP contribution in [0.25, 0.3) is 0 Å². The van der Waals surface area contributed by atoms with Gasteiger partial charge in [-0.25, -0.2) is 5.43 Å². The summed E-state index contributed by atoms with van der Waals surface area (Å²) in [6, 6.07) is 17.1. The van der Waals surface area contributed by atoms with Crippen molar-refractivity contribution in [2.75, 3.05) is 12.4 Å². The molecule has 0 bridgehead atoms. The van der Waals surface area contributed by atoms with Gasteiger partial charge in [-0.2, -0.15) is 5.10 Å². The molecule has 30 heavy (non-hydrogen) atoms. The second kappa shape index (κ2) is 9.24. The number of carbonyl (C=O) groups excluding carboxylic acids is 2. The maximum Gasteiger partial charge on any atom is 0.273 e. The van der Waals surface area contributed by atoms with Gasteiger partial charge in [-0.3, -0.25) is 9.59 Å². The third kappa shape index (κ3) is 4.93. The topological polar surface area (TPSA) is 120 Å². The minimum Gasteiger partial charge on any atom is -0.508 e. The molecule has 0 saturated carbocycles. The fourth-order valence-corrected chi connectivity index (χ4v) is 2.59. The molecule has 0 aromatic heterocycles. The molecule has 0 aliphatic carbocycles. The molecule has 3 aromatic carbocycles. The number of methoxy groups -OCH3 is 1. The second-order valence-electron chi connectivity index (χ2n) is 6.17. The molecule has 3 rings (SSSR count). The fourth-order valence-electron chi connectivity index (χ4n) is 2.59. The first-order valence-corrected chi connectivity index (χ1v) is 8.88. The van der Waals surface area contributed by atoms with Crippen LogP contribution in [0.4, 0.5) is 5.69 Å². The lowest BCUT2D eigenvalue weighted by atomic mass is 10.1. The van der Waals surface area contributed by atoms with E-state index in [1.165, 1.54) is 25.5 Å². The predicted octanol–water partition coefficient (Wildman–Crippen LogP) is 3.12. The van der Waals surface area contributed by atoms with E-state index in [4.69, 9.17) is 4.74 Å². The number of ether oxygens (including phenoxy) is 1. The highest BCUT2D eigenvalue weighted by atomic mass is 16.5. The van der Waals surface area contributed by atoms with E-state index < -0.39 is 5.91 Å².